The molecule has 0 saturated carbocycles. The van der Waals surface area contributed by atoms with Gasteiger partial charge >= 0.3 is 0 Å². The smallest absolute Gasteiger partial charge is 0.116 e. The summed E-state index contributed by atoms with van der Waals surface area (Å²) in [6.07, 6.45) is -2.49. The fourth-order valence-electron chi connectivity index (χ4n) is 2.32. The zero-order chi connectivity index (χ0) is 16.1. The van der Waals surface area contributed by atoms with Gasteiger partial charge in [0, 0.05) is 10.6 Å². The van der Waals surface area contributed by atoms with Gasteiger partial charge in [0.1, 0.15) is 12.5 Å². The van der Waals surface area contributed by atoms with Crippen molar-refractivity contribution in [1.82, 2.24) is 0 Å². The van der Waals surface area contributed by atoms with Gasteiger partial charge in [-0.3, -0.25) is 0 Å². The van der Waals surface area contributed by atoms with E-state index in [2.05, 4.69) is 6.07 Å². The molecule has 0 heterocycles. The maximum Gasteiger partial charge on any atom is 0.116 e. The van der Waals surface area contributed by atoms with Crippen LogP contribution in [0.15, 0.2) is 89.7 Å². The molecule has 0 radical (unpaired) electrons. The van der Waals surface area contributed by atoms with Gasteiger partial charge in [-0.05, 0) is 12.1 Å². The molecule has 3 aromatic rings. The SMILES string of the molecule is N#Cc1ccccc1N=P(Cl)(c1ccccc1)c1ccccc1. The summed E-state index contributed by atoms with van der Waals surface area (Å²) >= 11 is 7.09. The first kappa shape index (κ1) is 15.6. The molecule has 0 fully saturated rings. The number of rotatable bonds is 3. The van der Waals surface area contributed by atoms with Crippen LogP contribution in [0.25, 0.3) is 0 Å². The van der Waals surface area contributed by atoms with Crippen LogP contribution in [-0.4, -0.2) is 0 Å². The largest absolute Gasteiger partial charge is 0.241 e. The van der Waals surface area contributed by atoms with E-state index in [0.717, 1.165) is 10.6 Å². The van der Waals surface area contributed by atoms with Crippen LogP contribution in [0.4, 0.5) is 5.69 Å². The second-order valence-corrected chi connectivity index (χ2v) is 8.77. The monoisotopic (exact) mass is 336 g/mol. The van der Waals surface area contributed by atoms with Crippen LogP contribution >= 0.6 is 17.6 Å². The van der Waals surface area contributed by atoms with Crippen LogP contribution in [0.3, 0.4) is 0 Å². The van der Waals surface area contributed by atoms with Crippen molar-refractivity contribution >= 4 is 33.9 Å². The Morgan fingerprint density at radius 2 is 1.22 bits per heavy atom. The van der Waals surface area contributed by atoms with E-state index in [1.54, 1.807) is 6.07 Å². The maximum absolute atomic E-state index is 9.32. The third kappa shape index (κ3) is 3.22. The fourth-order valence-corrected chi connectivity index (χ4v) is 5.37. The van der Waals surface area contributed by atoms with E-state index in [1.807, 2.05) is 78.9 Å². The van der Waals surface area contributed by atoms with Gasteiger partial charge in [-0.25, -0.2) is 4.74 Å². The number of hydrogen-bond acceptors (Lipinski definition) is 2. The zero-order valence-electron chi connectivity index (χ0n) is 12.3. The van der Waals surface area contributed by atoms with Gasteiger partial charge in [0.05, 0.1) is 11.3 Å². The molecule has 4 heteroatoms. The Labute approximate surface area is 140 Å². The van der Waals surface area contributed by atoms with E-state index in [0.29, 0.717) is 11.3 Å². The standard InChI is InChI=1S/C19H14ClN2P/c20-23(17-10-3-1-4-11-17,18-12-5-2-6-13-18)22-19-14-8-7-9-16(19)15-21/h1-14H. The highest BCUT2D eigenvalue weighted by Gasteiger charge is 2.22. The Hall–Kier alpha value is -2.33. The summed E-state index contributed by atoms with van der Waals surface area (Å²) in [5.74, 6) is 0. The predicted molar refractivity (Wildman–Crippen MR) is 98.2 cm³/mol. The van der Waals surface area contributed by atoms with Crippen molar-refractivity contribution in [3.8, 4) is 6.07 Å². The lowest BCUT2D eigenvalue weighted by Crippen LogP contribution is -2.11. The van der Waals surface area contributed by atoms with Crippen LogP contribution in [0.5, 0.6) is 0 Å². The van der Waals surface area contributed by atoms with Crippen LogP contribution in [-0.2, 0) is 0 Å². The van der Waals surface area contributed by atoms with Gasteiger partial charge in [0.15, 0.2) is 0 Å². The number of nitriles is 1. The number of hydrogen-bond donors (Lipinski definition) is 0. The minimum Gasteiger partial charge on any atom is -0.241 e. The lowest BCUT2D eigenvalue weighted by Gasteiger charge is -2.18. The minimum absolute atomic E-state index is 0.532. The summed E-state index contributed by atoms with van der Waals surface area (Å²) in [6.45, 7) is 0. The second-order valence-electron chi connectivity index (χ2n) is 4.96. The van der Waals surface area contributed by atoms with E-state index >= 15 is 0 Å². The summed E-state index contributed by atoms with van der Waals surface area (Å²) in [6, 6.07) is 29.2. The molecular weight excluding hydrogens is 323 g/mol. The Bertz CT molecular complexity index is 856. The quantitative estimate of drug-likeness (QED) is 0.606. The van der Waals surface area contributed by atoms with Crippen LogP contribution in [0.2, 0.25) is 0 Å². The summed E-state index contributed by atoms with van der Waals surface area (Å²) < 4.78 is 4.86. The number of nitrogens with zero attached hydrogens (tertiary/aromatic N) is 2. The summed E-state index contributed by atoms with van der Waals surface area (Å²) in [4.78, 5) is 0. The molecule has 0 saturated heterocycles. The molecule has 0 aliphatic rings. The zero-order valence-corrected chi connectivity index (χ0v) is 14.0. The first-order valence-corrected chi connectivity index (χ1v) is 9.81. The Morgan fingerprint density at radius 1 is 0.739 bits per heavy atom. The summed E-state index contributed by atoms with van der Waals surface area (Å²) in [5.41, 5.74) is 1.16. The average Bonchev–Trinajstić information content (AvgIpc) is 2.63. The van der Waals surface area contributed by atoms with Crippen molar-refractivity contribution in [3.05, 3.63) is 90.5 Å². The Balaban J connectivity index is 2.30. The number of halogens is 1. The summed E-state index contributed by atoms with van der Waals surface area (Å²) in [5, 5.41) is 11.3. The molecule has 0 atom stereocenters. The molecule has 0 aliphatic carbocycles. The first-order valence-electron chi connectivity index (χ1n) is 7.16. The van der Waals surface area contributed by atoms with Crippen molar-refractivity contribution in [2.45, 2.75) is 0 Å². The fraction of sp³-hybridized carbons (Fsp3) is 0. The lowest BCUT2D eigenvalue weighted by atomic mass is 10.2. The van der Waals surface area contributed by atoms with Gasteiger partial charge in [-0.15, -0.1) is 0 Å². The van der Waals surface area contributed by atoms with E-state index in [1.165, 1.54) is 0 Å². The van der Waals surface area contributed by atoms with Gasteiger partial charge < -0.3 is 0 Å². The normalized spacial score (nSPS) is 10.8. The van der Waals surface area contributed by atoms with E-state index in [4.69, 9.17) is 16.0 Å². The molecule has 3 aromatic carbocycles. The predicted octanol–water partition coefficient (Wildman–Crippen LogP) is 5.20. The third-order valence-electron chi connectivity index (χ3n) is 3.47. The lowest BCUT2D eigenvalue weighted by molar-refractivity contribution is 1.45. The Morgan fingerprint density at radius 3 is 1.74 bits per heavy atom. The van der Waals surface area contributed by atoms with Crippen molar-refractivity contribution in [2.24, 2.45) is 4.74 Å². The van der Waals surface area contributed by atoms with Crippen LogP contribution in [0.1, 0.15) is 5.56 Å². The highest BCUT2D eigenvalue weighted by Crippen LogP contribution is 2.55. The molecule has 0 unspecified atom stereocenters. The first-order chi connectivity index (χ1) is 11.2. The third-order valence-corrected chi connectivity index (χ3v) is 7.32. The molecule has 23 heavy (non-hydrogen) atoms. The van der Waals surface area contributed by atoms with Crippen molar-refractivity contribution < 1.29 is 0 Å². The molecule has 112 valence electrons. The molecule has 0 aliphatic heterocycles. The van der Waals surface area contributed by atoms with Gasteiger partial charge in [0.2, 0.25) is 0 Å². The van der Waals surface area contributed by atoms with Crippen LogP contribution < -0.4 is 10.6 Å². The van der Waals surface area contributed by atoms with Gasteiger partial charge in [0.25, 0.3) is 0 Å². The number of benzene rings is 3. The van der Waals surface area contributed by atoms with E-state index < -0.39 is 6.41 Å². The molecule has 0 N–H and O–H groups in total. The molecule has 0 amide bonds. The van der Waals surface area contributed by atoms with Crippen molar-refractivity contribution in [2.75, 3.05) is 0 Å². The highest BCUT2D eigenvalue weighted by atomic mass is 35.7. The Kier molecular flexibility index (Phi) is 4.63. The van der Waals surface area contributed by atoms with Gasteiger partial charge in [-0.1, -0.05) is 84.0 Å². The highest BCUT2D eigenvalue weighted by molar-refractivity contribution is 8.02. The van der Waals surface area contributed by atoms with E-state index in [-0.39, 0.29) is 0 Å². The summed E-state index contributed by atoms with van der Waals surface area (Å²) in [7, 11) is 0. The molecular formula is C19H14ClN2P. The van der Waals surface area contributed by atoms with E-state index in [9.17, 15) is 5.26 Å². The van der Waals surface area contributed by atoms with Crippen LogP contribution in [0, 0.1) is 11.3 Å². The minimum atomic E-state index is -2.49. The molecule has 0 aromatic heterocycles. The molecule has 2 nitrogen and oxygen atoms in total. The molecule has 0 bridgehead atoms. The average molecular weight is 337 g/mol. The molecule has 3 rings (SSSR count). The van der Waals surface area contributed by atoms with Crippen molar-refractivity contribution in [1.29, 1.82) is 5.26 Å². The van der Waals surface area contributed by atoms with Crippen molar-refractivity contribution in [3.63, 3.8) is 0 Å². The topological polar surface area (TPSA) is 36.1 Å². The maximum atomic E-state index is 9.32. The second kappa shape index (κ2) is 6.84. The molecule has 0 spiro atoms. The van der Waals surface area contributed by atoms with Gasteiger partial charge in [-0.2, -0.15) is 5.26 Å².